The molecule has 1 heterocycles. The van der Waals surface area contributed by atoms with Crippen molar-refractivity contribution in [1.29, 1.82) is 0 Å². The summed E-state index contributed by atoms with van der Waals surface area (Å²) in [5.41, 5.74) is 4.27. The first-order valence-corrected chi connectivity index (χ1v) is 14.5. The second-order valence-corrected chi connectivity index (χ2v) is 10.6. The number of carboxylic acid groups (broad SMARTS) is 1. The molecule has 0 atom stereocenters. The van der Waals surface area contributed by atoms with Crippen LogP contribution in [-0.4, -0.2) is 21.0 Å². The van der Waals surface area contributed by atoms with Crippen LogP contribution < -0.4 is 0 Å². The topological polar surface area (TPSA) is 63.1 Å². The van der Waals surface area contributed by atoms with Gasteiger partial charge in [0, 0.05) is 23.5 Å². The zero-order chi connectivity index (χ0) is 25.6. The van der Waals surface area contributed by atoms with Crippen LogP contribution in [0.3, 0.4) is 0 Å². The molecule has 1 N–H and O–H groups in total. The van der Waals surface area contributed by atoms with Gasteiger partial charge < -0.3 is 5.11 Å². The predicted octanol–water partition coefficient (Wildman–Crippen LogP) is 8.91. The number of benzene rings is 1. The highest BCUT2D eigenvalue weighted by Crippen LogP contribution is 2.39. The normalized spacial score (nSPS) is 18.3. The Hall–Kier alpha value is -2.49. The van der Waals surface area contributed by atoms with E-state index in [1.807, 2.05) is 18.5 Å². The molecule has 0 radical (unpaired) electrons. The zero-order valence-electron chi connectivity index (χ0n) is 22.6. The molecule has 0 aliphatic heterocycles. The van der Waals surface area contributed by atoms with Gasteiger partial charge in [-0.15, -0.1) is 0 Å². The van der Waals surface area contributed by atoms with Crippen LogP contribution in [0.1, 0.15) is 121 Å². The highest BCUT2D eigenvalue weighted by Gasteiger charge is 2.27. The lowest BCUT2D eigenvalue weighted by atomic mass is 9.75. The number of nitrogens with zero attached hydrogens (tertiary/aromatic N) is 2. The Morgan fingerprint density at radius 3 is 2.11 bits per heavy atom. The van der Waals surface area contributed by atoms with Crippen molar-refractivity contribution in [3.05, 3.63) is 59.4 Å². The number of carbonyl (C=O) groups is 1. The van der Waals surface area contributed by atoms with E-state index in [1.165, 1.54) is 62.5 Å². The summed E-state index contributed by atoms with van der Waals surface area (Å²) in [6.45, 7) is 4.45. The first kappa shape index (κ1) is 28.1. The average Bonchev–Trinajstić information content (AvgIpc) is 2.91. The fraction of sp³-hybridized carbons (Fsp3) is 0.594. The molecular weight excluding hydrogens is 444 g/mol. The van der Waals surface area contributed by atoms with Gasteiger partial charge in [0.2, 0.25) is 0 Å². The van der Waals surface area contributed by atoms with Crippen molar-refractivity contribution in [2.45, 2.75) is 116 Å². The third-order valence-corrected chi connectivity index (χ3v) is 7.75. The molecular formula is C32H46N2O2. The molecule has 4 heteroatoms. The molecule has 1 aromatic heterocycles. The Morgan fingerprint density at radius 1 is 0.861 bits per heavy atom. The van der Waals surface area contributed by atoms with E-state index in [9.17, 15) is 9.90 Å². The summed E-state index contributed by atoms with van der Waals surface area (Å²) in [5, 5.41) is 9.81. The van der Waals surface area contributed by atoms with Crippen molar-refractivity contribution < 1.29 is 9.90 Å². The number of aromatic nitrogens is 2. The molecule has 0 amide bonds. The Bertz CT molecular complexity index is 926. The summed E-state index contributed by atoms with van der Waals surface area (Å²) in [7, 11) is 0. The Labute approximate surface area is 218 Å². The summed E-state index contributed by atoms with van der Waals surface area (Å²) in [6, 6.07) is 8.70. The molecule has 196 valence electrons. The van der Waals surface area contributed by atoms with Crippen LogP contribution in [0.4, 0.5) is 0 Å². The molecule has 0 bridgehead atoms. The molecule has 2 aromatic rings. The lowest BCUT2D eigenvalue weighted by molar-refractivity contribution is -0.133. The maximum absolute atomic E-state index is 11.9. The second kappa shape index (κ2) is 15.6. The third-order valence-electron chi connectivity index (χ3n) is 7.75. The molecule has 1 aliphatic carbocycles. The van der Waals surface area contributed by atoms with E-state index in [4.69, 9.17) is 0 Å². The van der Waals surface area contributed by atoms with Crippen molar-refractivity contribution in [3.63, 3.8) is 0 Å². The van der Waals surface area contributed by atoms with Gasteiger partial charge in [-0.05, 0) is 74.3 Å². The van der Waals surface area contributed by atoms with Gasteiger partial charge in [0.25, 0.3) is 0 Å². The van der Waals surface area contributed by atoms with Crippen molar-refractivity contribution in [1.82, 2.24) is 9.97 Å². The maximum atomic E-state index is 11.9. The fourth-order valence-corrected chi connectivity index (χ4v) is 5.47. The van der Waals surface area contributed by atoms with Gasteiger partial charge in [-0.3, -0.25) is 0 Å². The number of carboxylic acids is 1. The number of hydrogen-bond acceptors (Lipinski definition) is 3. The molecule has 0 unspecified atom stereocenters. The number of aliphatic carboxylic acids is 1. The number of allylic oxidation sites excluding steroid dienone is 1. The van der Waals surface area contributed by atoms with Crippen LogP contribution in [0.2, 0.25) is 0 Å². The van der Waals surface area contributed by atoms with Crippen LogP contribution in [0, 0.1) is 5.92 Å². The van der Waals surface area contributed by atoms with Gasteiger partial charge in [-0.1, -0.05) is 89.1 Å². The monoisotopic (exact) mass is 490 g/mol. The summed E-state index contributed by atoms with van der Waals surface area (Å²) in [6.07, 6.45) is 23.0. The number of hydrogen-bond donors (Lipinski definition) is 1. The van der Waals surface area contributed by atoms with Crippen LogP contribution >= 0.6 is 0 Å². The van der Waals surface area contributed by atoms with E-state index in [0.717, 1.165) is 56.3 Å². The van der Waals surface area contributed by atoms with Gasteiger partial charge in [0.1, 0.15) is 0 Å². The molecule has 4 nitrogen and oxygen atoms in total. The minimum absolute atomic E-state index is 0.197. The highest BCUT2D eigenvalue weighted by atomic mass is 16.4. The summed E-state index contributed by atoms with van der Waals surface area (Å²) in [4.78, 5) is 21.1. The Kier molecular flexibility index (Phi) is 12.2. The standard InChI is InChI=1S/C32H46N2O2/c1-3-5-7-8-9-10-12-14-30(32(35)36)28-19-15-26(16-20-28)27-17-21-29(22-18-27)31-33-23-25(24-34-31)13-11-6-4-2/h14,17-18,21-24,26,28H,3-13,15-16,19-20H2,1-2H3,(H,35,36)/t26-,28-. The van der Waals surface area contributed by atoms with Crippen LogP contribution in [0.15, 0.2) is 48.3 Å². The van der Waals surface area contributed by atoms with E-state index < -0.39 is 5.97 Å². The average molecular weight is 491 g/mol. The molecule has 1 fully saturated rings. The van der Waals surface area contributed by atoms with Gasteiger partial charge in [0.15, 0.2) is 5.82 Å². The zero-order valence-corrected chi connectivity index (χ0v) is 22.6. The van der Waals surface area contributed by atoms with E-state index in [1.54, 1.807) is 0 Å². The molecule has 0 saturated heterocycles. The predicted molar refractivity (Wildman–Crippen MR) is 149 cm³/mol. The van der Waals surface area contributed by atoms with Gasteiger partial charge >= 0.3 is 5.97 Å². The fourth-order valence-electron chi connectivity index (χ4n) is 5.47. The van der Waals surface area contributed by atoms with Crippen LogP contribution in [0.25, 0.3) is 11.4 Å². The molecule has 0 spiro atoms. The van der Waals surface area contributed by atoms with Crippen LogP contribution in [0.5, 0.6) is 0 Å². The van der Waals surface area contributed by atoms with Crippen molar-refractivity contribution >= 4 is 5.97 Å². The summed E-state index contributed by atoms with van der Waals surface area (Å²) >= 11 is 0. The minimum atomic E-state index is -0.717. The lowest BCUT2D eigenvalue weighted by Crippen LogP contribution is -2.19. The molecule has 1 aromatic carbocycles. The maximum Gasteiger partial charge on any atom is 0.331 e. The SMILES string of the molecule is CCCCCCCCC=C(C(=O)O)[C@H]1CC[C@H](c2ccc(-c3ncc(CCCCC)cn3)cc2)CC1. The first-order valence-electron chi connectivity index (χ1n) is 14.5. The van der Waals surface area contributed by atoms with Gasteiger partial charge in [0.05, 0.1) is 0 Å². The number of rotatable bonds is 15. The number of unbranched alkanes of at least 4 members (excludes halogenated alkanes) is 8. The first-order chi connectivity index (χ1) is 17.6. The quantitative estimate of drug-likeness (QED) is 0.200. The molecule has 3 rings (SSSR count). The van der Waals surface area contributed by atoms with Gasteiger partial charge in [-0.2, -0.15) is 0 Å². The van der Waals surface area contributed by atoms with E-state index in [-0.39, 0.29) is 5.92 Å². The van der Waals surface area contributed by atoms with Crippen LogP contribution in [-0.2, 0) is 11.2 Å². The molecule has 36 heavy (non-hydrogen) atoms. The van der Waals surface area contributed by atoms with E-state index >= 15 is 0 Å². The summed E-state index contributed by atoms with van der Waals surface area (Å²) < 4.78 is 0. The summed E-state index contributed by atoms with van der Waals surface area (Å²) in [5.74, 6) is 0.768. The van der Waals surface area contributed by atoms with Crippen molar-refractivity contribution in [2.24, 2.45) is 5.92 Å². The minimum Gasteiger partial charge on any atom is -0.478 e. The van der Waals surface area contributed by atoms with E-state index in [2.05, 4.69) is 48.1 Å². The Morgan fingerprint density at radius 2 is 1.47 bits per heavy atom. The smallest absolute Gasteiger partial charge is 0.331 e. The largest absolute Gasteiger partial charge is 0.478 e. The lowest BCUT2D eigenvalue weighted by Gasteiger charge is -2.29. The van der Waals surface area contributed by atoms with Crippen molar-refractivity contribution in [3.8, 4) is 11.4 Å². The van der Waals surface area contributed by atoms with E-state index in [0.29, 0.717) is 11.5 Å². The number of aryl methyl sites for hydroxylation is 1. The second-order valence-electron chi connectivity index (χ2n) is 10.6. The van der Waals surface area contributed by atoms with Crippen molar-refractivity contribution in [2.75, 3.05) is 0 Å². The Balaban J connectivity index is 1.49. The molecule has 1 aliphatic rings. The third kappa shape index (κ3) is 8.87. The highest BCUT2D eigenvalue weighted by molar-refractivity contribution is 5.87. The van der Waals surface area contributed by atoms with Gasteiger partial charge in [-0.25, -0.2) is 14.8 Å². The molecule has 1 saturated carbocycles.